The minimum Gasteiger partial charge on any atom is -0.496 e. The predicted octanol–water partition coefficient (Wildman–Crippen LogP) is 1.85. The summed E-state index contributed by atoms with van der Waals surface area (Å²) < 4.78 is 6.18. The van der Waals surface area contributed by atoms with Gasteiger partial charge in [0.2, 0.25) is 0 Å². The van der Waals surface area contributed by atoms with Crippen molar-refractivity contribution >= 4 is 22.6 Å². The van der Waals surface area contributed by atoms with Crippen molar-refractivity contribution in [1.29, 1.82) is 0 Å². The summed E-state index contributed by atoms with van der Waals surface area (Å²) in [6.07, 6.45) is 5.62. The number of rotatable bonds is 0. The number of allylic oxidation sites excluding steroid dienone is 2. The lowest BCUT2D eigenvalue weighted by Crippen LogP contribution is -1.88. The van der Waals surface area contributed by atoms with Crippen LogP contribution in [-0.4, -0.2) is 6.61 Å². The quantitative estimate of drug-likeness (QED) is 0.552. The van der Waals surface area contributed by atoms with Crippen LogP contribution in [-0.2, 0) is 4.74 Å². The molecule has 0 unspecified atom stereocenters. The molecule has 0 N–H and O–H groups in total. The first-order valence-corrected chi connectivity index (χ1v) is 3.10. The van der Waals surface area contributed by atoms with Crippen molar-refractivity contribution in [3.8, 4) is 0 Å². The Balaban J connectivity index is 2.57. The van der Waals surface area contributed by atoms with Crippen molar-refractivity contribution in [2.75, 3.05) is 6.61 Å². The smallest absolute Gasteiger partial charge is 0.118 e. The van der Waals surface area contributed by atoms with Gasteiger partial charge in [0.05, 0.1) is 6.26 Å². The van der Waals surface area contributed by atoms with Crippen molar-refractivity contribution in [3.63, 3.8) is 0 Å². The summed E-state index contributed by atoms with van der Waals surface area (Å²) in [6, 6.07) is 0. The molecule has 0 aromatic carbocycles. The third kappa shape index (κ3) is 1.51. The fraction of sp³-hybridized carbons (Fsp3) is 0.200. The first-order valence-electron chi connectivity index (χ1n) is 2.02. The molecule has 1 aliphatic rings. The fourth-order valence-corrected chi connectivity index (χ4v) is 0.762. The standard InChI is InChI=1S/C5H5IO/c6-5-2-1-3-7-4-5/h1-3H,4H2. The van der Waals surface area contributed by atoms with E-state index in [4.69, 9.17) is 4.74 Å². The molecule has 0 amide bonds. The molecule has 1 nitrogen and oxygen atoms in total. The zero-order valence-electron chi connectivity index (χ0n) is 3.73. The first-order chi connectivity index (χ1) is 3.39. The van der Waals surface area contributed by atoms with Gasteiger partial charge in [-0.25, -0.2) is 0 Å². The maximum absolute atomic E-state index is 4.93. The van der Waals surface area contributed by atoms with Crippen LogP contribution in [0.25, 0.3) is 0 Å². The third-order valence-electron chi connectivity index (χ3n) is 0.673. The molecule has 38 valence electrons. The van der Waals surface area contributed by atoms with Crippen molar-refractivity contribution in [1.82, 2.24) is 0 Å². The zero-order chi connectivity index (χ0) is 5.11. The summed E-state index contributed by atoms with van der Waals surface area (Å²) in [5, 5.41) is 0. The molecule has 7 heavy (non-hydrogen) atoms. The van der Waals surface area contributed by atoms with Gasteiger partial charge in [-0.1, -0.05) is 0 Å². The van der Waals surface area contributed by atoms with Crippen LogP contribution >= 0.6 is 22.6 Å². The summed E-state index contributed by atoms with van der Waals surface area (Å²) in [5.41, 5.74) is 0. The van der Waals surface area contributed by atoms with Crippen LogP contribution in [0.5, 0.6) is 0 Å². The van der Waals surface area contributed by atoms with E-state index in [-0.39, 0.29) is 0 Å². The lowest BCUT2D eigenvalue weighted by molar-refractivity contribution is 0.284. The molecule has 1 heterocycles. The largest absolute Gasteiger partial charge is 0.496 e. The van der Waals surface area contributed by atoms with E-state index in [9.17, 15) is 0 Å². The Kier molecular flexibility index (Phi) is 1.73. The van der Waals surface area contributed by atoms with Crippen LogP contribution in [0.3, 0.4) is 0 Å². The summed E-state index contributed by atoms with van der Waals surface area (Å²) in [7, 11) is 0. The summed E-state index contributed by atoms with van der Waals surface area (Å²) in [6.45, 7) is 0.747. The molecule has 0 aromatic rings. The molecule has 0 radical (unpaired) electrons. The Morgan fingerprint density at radius 1 is 1.71 bits per heavy atom. The Hall–Kier alpha value is 0.01000. The second-order valence-electron chi connectivity index (χ2n) is 1.25. The molecule has 0 atom stereocenters. The van der Waals surface area contributed by atoms with Gasteiger partial charge in [0.15, 0.2) is 0 Å². The molecular formula is C5H5IO. The van der Waals surface area contributed by atoms with Gasteiger partial charge in [0, 0.05) is 3.58 Å². The number of hydrogen-bond donors (Lipinski definition) is 0. The molecule has 0 aromatic heterocycles. The second kappa shape index (κ2) is 2.35. The Bertz CT molecular complexity index is 115. The average molecular weight is 208 g/mol. The highest BCUT2D eigenvalue weighted by molar-refractivity contribution is 14.1. The van der Waals surface area contributed by atoms with E-state index in [1.165, 1.54) is 3.58 Å². The third-order valence-corrected chi connectivity index (χ3v) is 1.34. The molecule has 0 saturated carbocycles. The van der Waals surface area contributed by atoms with Crippen molar-refractivity contribution in [3.05, 3.63) is 22.0 Å². The molecule has 0 spiro atoms. The molecular weight excluding hydrogens is 203 g/mol. The van der Waals surface area contributed by atoms with Crippen LogP contribution in [0.2, 0.25) is 0 Å². The van der Waals surface area contributed by atoms with Crippen LogP contribution < -0.4 is 0 Å². The van der Waals surface area contributed by atoms with Crippen molar-refractivity contribution < 1.29 is 4.74 Å². The number of hydrogen-bond acceptors (Lipinski definition) is 1. The topological polar surface area (TPSA) is 9.23 Å². The monoisotopic (exact) mass is 208 g/mol. The lowest BCUT2D eigenvalue weighted by atomic mass is 10.5. The van der Waals surface area contributed by atoms with Crippen molar-refractivity contribution in [2.45, 2.75) is 0 Å². The van der Waals surface area contributed by atoms with Gasteiger partial charge in [-0.05, 0) is 34.7 Å². The van der Waals surface area contributed by atoms with E-state index < -0.39 is 0 Å². The van der Waals surface area contributed by atoms with Gasteiger partial charge >= 0.3 is 0 Å². The van der Waals surface area contributed by atoms with Crippen LogP contribution in [0, 0.1) is 0 Å². The van der Waals surface area contributed by atoms with E-state index in [0.29, 0.717) is 0 Å². The van der Waals surface area contributed by atoms with E-state index in [0.717, 1.165) is 6.61 Å². The molecule has 2 heteroatoms. The molecule has 1 aliphatic heterocycles. The normalized spacial score (nSPS) is 18.1. The Morgan fingerprint density at radius 2 is 2.57 bits per heavy atom. The predicted molar refractivity (Wildman–Crippen MR) is 37.2 cm³/mol. The SMILES string of the molecule is IC1=CC=COC1. The highest BCUT2D eigenvalue weighted by Gasteiger charge is 1.90. The van der Waals surface area contributed by atoms with Gasteiger partial charge in [0.1, 0.15) is 6.61 Å². The summed E-state index contributed by atoms with van der Waals surface area (Å²) >= 11 is 2.24. The van der Waals surface area contributed by atoms with E-state index in [1.807, 2.05) is 12.2 Å². The maximum Gasteiger partial charge on any atom is 0.118 e. The van der Waals surface area contributed by atoms with Gasteiger partial charge < -0.3 is 4.74 Å². The van der Waals surface area contributed by atoms with Gasteiger partial charge in [-0.3, -0.25) is 0 Å². The maximum atomic E-state index is 4.93. The second-order valence-corrected chi connectivity index (χ2v) is 2.64. The number of ether oxygens (including phenoxy) is 1. The summed E-state index contributed by atoms with van der Waals surface area (Å²) in [4.78, 5) is 0. The van der Waals surface area contributed by atoms with Crippen LogP contribution in [0.15, 0.2) is 22.0 Å². The molecule has 0 fully saturated rings. The Labute approximate surface area is 56.2 Å². The molecule has 0 aliphatic carbocycles. The van der Waals surface area contributed by atoms with Crippen molar-refractivity contribution in [2.24, 2.45) is 0 Å². The summed E-state index contributed by atoms with van der Waals surface area (Å²) in [5.74, 6) is 0. The zero-order valence-corrected chi connectivity index (χ0v) is 5.88. The fourth-order valence-electron chi connectivity index (χ4n) is 0.375. The van der Waals surface area contributed by atoms with E-state index in [2.05, 4.69) is 22.6 Å². The molecule has 0 saturated heterocycles. The van der Waals surface area contributed by atoms with Gasteiger partial charge in [-0.2, -0.15) is 0 Å². The lowest BCUT2D eigenvalue weighted by Gasteiger charge is -2.01. The minimum atomic E-state index is 0.747. The minimum absolute atomic E-state index is 0.747. The van der Waals surface area contributed by atoms with E-state index >= 15 is 0 Å². The Morgan fingerprint density at radius 3 is 2.86 bits per heavy atom. The van der Waals surface area contributed by atoms with Gasteiger partial charge in [-0.15, -0.1) is 0 Å². The van der Waals surface area contributed by atoms with Crippen LogP contribution in [0.1, 0.15) is 0 Å². The van der Waals surface area contributed by atoms with E-state index in [1.54, 1.807) is 6.26 Å². The van der Waals surface area contributed by atoms with Gasteiger partial charge in [0.25, 0.3) is 0 Å². The molecule has 1 rings (SSSR count). The van der Waals surface area contributed by atoms with Crippen LogP contribution in [0.4, 0.5) is 0 Å². The first kappa shape index (κ1) is 5.15. The highest BCUT2D eigenvalue weighted by atomic mass is 127. The number of halogens is 1. The molecule has 0 bridgehead atoms. The highest BCUT2D eigenvalue weighted by Crippen LogP contribution is 2.09. The average Bonchev–Trinajstić information content (AvgIpc) is 1.69.